The fraction of sp³-hybridized carbons (Fsp3) is 0.222. The van der Waals surface area contributed by atoms with Crippen molar-refractivity contribution in [1.82, 2.24) is 0 Å². The van der Waals surface area contributed by atoms with Crippen LogP contribution in [0.5, 0.6) is 0 Å². The van der Waals surface area contributed by atoms with Gasteiger partial charge >= 0.3 is 5.97 Å². The quantitative estimate of drug-likeness (QED) is 0.451. The lowest BCUT2D eigenvalue weighted by molar-refractivity contribution is -0.385. The molecule has 1 aromatic rings. The highest BCUT2D eigenvalue weighted by atomic mass is 32.2. The predicted octanol–water partition coefficient (Wildman–Crippen LogP) is 0.785. The molecule has 0 saturated heterocycles. The molecule has 0 aromatic heterocycles. The van der Waals surface area contributed by atoms with Gasteiger partial charge in [-0.2, -0.15) is 0 Å². The zero-order valence-electron chi connectivity index (χ0n) is 9.04. The van der Waals surface area contributed by atoms with Gasteiger partial charge < -0.3 is 4.74 Å². The van der Waals surface area contributed by atoms with Gasteiger partial charge in [-0.3, -0.25) is 10.1 Å². The Balaban J connectivity index is 3.50. The van der Waals surface area contributed by atoms with Crippen molar-refractivity contribution >= 4 is 21.5 Å². The van der Waals surface area contributed by atoms with Crippen molar-refractivity contribution in [2.24, 2.45) is 0 Å². The molecular formula is C9H9NO6S. The van der Waals surface area contributed by atoms with Gasteiger partial charge in [0.15, 0.2) is 9.84 Å². The van der Waals surface area contributed by atoms with Gasteiger partial charge in [-0.25, -0.2) is 13.2 Å². The fourth-order valence-corrected chi connectivity index (χ4v) is 1.83. The molecule has 0 N–H and O–H groups in total. The lowest BCUT2D eigenvalue weighted by Crippen LogP contribution is -2.08. The summed E-state index contributed by atoms with van der Waals surface area (Å²) in [5.41, 5.74) is -0.885. The number of rotatable bonds is 3. The summed E-state index contributed by atoms with van der Waals surface area (Å²) in [6, 6.07) is 2.96. The predicted molar refractivity (Wildman–Crippen MR) is 57.5 cm³/mol. The second-order valence-corrected chi connectivity index (χ2v) is 5.22. The van der Waals surface area contributed by atoms with Crippen LogP contribution in [-0.4, -0.2) is 32.7 Å². The van der Waals surface area contributed by atoms with E-state index in [2.05, 4.69) is 4.74 Å². The van der Waals surface area contributed by atoms with Crippen molar-refractivity contribution < 1.29 is 22.9 Å². The zero-order chi connectivity index (χ0) is 13.2. The van der Waals surface area contributed by atoms with E-state index in [1.54, 1.807) is 0 Å². The third-order valence-electron chi connectivity index (χ3n) is 2.00. The summed E-state index contributed by atoms with van der Waals surface area (Å²) in [5, 5.41) is 10.7. The van der Waals surface area contributed by atoms with E-state index in [0.717, 1.165) is 31.6 Å². The largest absolute Gasteiger partial charge is 0.465 e. The molecule has 1 rings (SSSR count). The van der Waals surface area contributed by atoms with E-state index >= 15 is 0 Å². The number of hydrogen-bond donors (Lipinski definition) is 0. The molecule has 0 radical (unpaired) electrons. The van der Waals surface area contributed by atoms with E-state index in [0.29, 0.717) is 0 Å². The molecule has 92 valence electrons. The third kappa shape index (κ3) is 2.78. The van der Waals surface area contributed by atoms with Crippen LogP contribution in [0.15, 0.2) is 23.1 Å². The number of ether oxygens (including phenoxy) is 1. The van der Waals surface area contributed by atoms with Crippen molar-refractivity contribution in [1.29, 1.82) is 0 Å². The molecular weight excluding hydrogens is 250 g/mol. The summed E-state index contributed by atoms with van der Waals surface area (Å²) in [7, 11) is -2.49. The first kappa shape index (κ1) is 13.1. The molecule has 0 saturated carbocycles. The van der Waals surface area contributed by atoms with Crippen LogP contribution in [-0.2, 0) is 14.6 Å². The summed E-state index contributed by atoms with van der Waals surface area (Å²) >= 11 is 0. The Morgan fingerprint density at radius 3 is 2.41 bits per heavy atom. The van der Waals surface area contributed by atoms with Gasteiger partial charge in [0.2, 0.25) is 0 Å². The number of sulfone groups is 1. The number of nitro benzene ring substituents is 1. The molecule has 0 unspecified atom stereocenters. The molecule has 17 heavy (non-hydrogen) atoms. The molecule has 8 heteroatoms. The number of nitro groups is 1. The fourth-order valence-electron chi connectivity index (χ4n) is 1.18. The molecule has 7 nitrogen and oxygen atoms in total. The Morgan fingerprint density at radius 1 is 1.41 bits per heavy atom. The monoisotopic (exact) mass is 259 g/mol. The molecule has 0 aliphatic carbocycles. The highest BCUT2D eigenvalue weighted by Crippen LogP contribution is 2.23. The highest BCUT2D eigenvalue weighted by molar-refractivity contribution is 7.90. The van der Waals surface area contributed by atoms with E-state index in [1.165, 1.54) is 0 Å². The average Bonchev–Trinajstić information content (AvgIpc) is 2.25. The highest BCUT2D eigenvalue weighted by Gasteiger charge is 2.23. The van der Waals surface area contributed by atoms with Gasteiger partial charge in [0.1, 0.15) is 5.56 Å². The third-order valence-corrected chi connectivity index (χ3v) is 3.11. The Hall–Kier alpha value is -1.96. The number of benzene rings is 1. The van der Waals surface area contributed by atoms with Crippen LogP contribution in [0.1, 0.15) is 10.4 Å². The topological polar surface area (TPSA) is 104 Å². The van der Waals surface area contributed by atoms with Gasteiger partial charge in [-0.1, -0.05) is 0 Å². The van der Waals surface area contributed by atoms with E-state index in [-0.39, 0.29) is 10.5 Å². The van der Waals surface area contributed by atoms with Gasteiger partial charge in [0.25, 0.3) is 5.69 Å². The van der Waals surface area contributed by atoms with Crippen molar-refractivity contribution in [3.63, 3.8) is 0 Å². The van der Waals surface area contributed by atoms with Gasteiger partial charge in [0.05, 0.1) is 16.9 Å². The van der Waals surface area contributed by atoms with Crippen LogP contribution in [0.25, 0.3) is 0 Å². The van der Waals surface area contributed by atoms with E-state index < -0.39 is 26.4 Å². The van der Waals surface area contributed by atoms with Crippen molar-refractivity contribution in [2.45, 2.75) is 4.90 Å². The Kier molecular flexibility index (Phi) is 3.47. The number of methoxy groups -OCH3 is 1. The molecule has 0 amide bonds. The van der Waals surface area contributed by atoms with Crippen LogP contribution in [0, 0.1) is 10.1 Å². The lowest BCUT2D eigenvalue weighted by Gasteiger charge is -2.03. The van der Waals surface area contributed by atoms with Crippen molar-refractivity contribution in [3.8, 4) is 0 Å². The summed E-state index contributed by atoms with van der Waals surface area (Å²) in [6.07, 6.45) is 0.940. The summed E-state index contributed by atoms with van der Waals surface area (Å²) < 4.78 is 26.9. The van der Waals surface area contributed by atoms with Gasteiger partial charge in [-0.15, -0.1) is 0 Å². The Labute approximate surface area is 97.1 Å². The first-order valence-corrected chi connectivity index (χ1v) is 6.23. The van der Waals surface area contributed by atoms with Gasteiger partial charge in [-0.05, 0) is 12.1 Å². The first-order chi connectivity index (χ1) is 7.77. The molecule has 1 aromatic carbocycles. The lowest BCUT2D eigenvalue weighted by atomic mass is 10.2. The Morgan fingerprint density at radius 2 is 2.00 bits per heavy atom. The maximum Gasteiger partial charge on any atom is 0.344 e. The first-order valence-electron chi connectivity index (χ1n) is 4.34. The van der Waals surface area contributed by atoms with E-state index in [9.17, 15) is 23.3 Å². The second kappa shape index (κ2) is 4.50. The number of esters is 1. The number of carbonyl (C=O) groups excluding carboxylic acids is 1. The minimum absolute atomic E-state index is 0.177. The maximum atomic E-state index is 11.3. The normalized spacial score (nSPS) is 10.9. The summed E-state index contributed by atoms with van der Waals surface area (Å²) in [6.45, 7) is 0. The second-order valence-electron chi connectivity index (χ2n) is 3.20. The summed E-state index contributed by atoms with van der Waals surface area (Å²) in [4.78, 5) is 21.0. The molecule has 0 bridgehead atoms. The SMILES string of the molecule is COC(=O)c1cc(S(C)(=O)=O)ccc1[N+](=O)[O-]. The maximum absolute atomic E-state index is 11.3. The van der Waals surface area contributed by atoms with Crippen molar-refractivity contribution in [2.75, 3.05) is 13.4 Å². The van der Waals surface area contributed by atoms with Crippen LogP contribution in [0.4, 0.5) is 5.69 Å². The smallest absolute Gasteiger partial charge is 0.344 e. The minimum Gasteiger partial charge on any atom is -0.465 e. The van der Waals surface area contributed by atoms with Crippen LogP contribution >= 0.6 is 0 Å². The van der Waals surface area contributed by atoms with Gasteiger partial charge in [0, 0.05) is 12.3 Å². The molecule has 0 fully saturated rings. The molecule has 0 heterocycles. The number of hydrogen-bond acceptors (Lipinski definition) is 6. The number of carbonyl (C=O) groups is 1. The van der Waals surface area contributed by atoms with E-state index in [1.807, 2.05) is 0 Å². The molecule has 0 aliphatic rings. The average molecular weight is 259 g/mol. The standard InChI is InChI=1S/C9H9NO6S/c1-16-9(11)7-5-6(17(2,14)15)3-4-8(7)10(12)13/h3-5H,1-2H3. The molecule has 0 spiro atoms. The summed E-state index contributed by atoms with van der Waals surface area (Å²) in [5.74, 6) is -0.956. The molecule has 0 aliphatic heterocycles. The Bertz CT molecular complexity index is 577. The van der Waals surface area contributed by atoms with Crippen LogP contribution in [0.3, 0.4) is 0 Å². The van der Waals surface area contributed by atoms with E-state index in [4.69, 9.17) is 0 Å². The zero-order valence-corrected chi connectivity index (χ0v) is 9.85. The van der Waals surface area contributed by atoms with Crippen molar-refractivity contribution in [3.05, 3.63) is 33.9 Å². The van der Waals surface area contributed by atoms with Crippen LogP contribution in [0.2, 0.25) is 0 Å². The molecule has 0 atom stereocenters. The minimum atomic E-state index is -3.54. The van der Waals surface area contributed by atoms with Crippen LogP contribution < -0.4 is 0 Å². The number of nitrogens with zero attached hydrogens (tertiary/aromatic N) is 1.